The predicted molar refractivity (Wildman–Crippen MR) is 57.6 cm³/mol. The van der Waals surface area contributed by atoms with Gasteiger partial charge in [-0.2, -0.15) is 0 Å². The van der Waals surface area contributed by atoms with E-state index in [-0.39, 0.29) is 6.61 Å². The zero-order chi connectivity index (χ0) is 10.9. The molecule has 0 aliphatic heterocycles. The lowest BCUT2D eigenvalue weighted by Gasteiger charge is -1.96. The van der Waals surface area contributed by atoms with Gasteiger partial charge in [0.2, 0.25) is 0 Å². The maximum absolute atomic E-state index is 11.0. The maximum atomic E-state index is 11.0. The highest BCUT2D eigenvalue weighted by Gasteiger charge is 1.92. The van der Waals surface area contributed by atoms with Crippen molar-refractivity contribution in [2.75, 3.05) is 6.61 Å². The van der Waals surface area contributed by atoms with Crippen molar-refractivity contribution in [1.29, 1.82) is 0 Å². The van der Waals surface area contributed by atoms with Crippen LogP contribution in [0.5, 0.6) is 0 Å². The molecule has 1 aromatic rings. The van der Waals surface area contributed by atoms with Gasteiger partial charge in [0.05, 0.1) is 6.61 Å². The highest BCUT2D eigenvalue weighted by molar-refractivity contribution is 5.93. The number of rotatable bonds is 3. The fourth-order valence-electron chi connectivity index (χ4n) is 0.842. The number of hydrogen-bond acceptors (Lipinski definition) is 2. The Bertz CT molecular complexity index is 387. The van der Waals surface area contributed by atoms with E-state index in [0.717, 1.165) is 5.56 Å². The van der Waals surface area contributed by atoms with Gasteiger partial charge in [-0.25, -0.2) is 5.48 Å². The van der Waals surface area contributed by atoms with E-state index < -0.39 is 5.91 Å². The molecule has 0 fully saturated rings. The largest absolute Gasteiger partial charge is 0.319 e. The summed E-state index contributed by atoms with van der Waals surface area (Å²) in [7, 11) is 0. The van der Waals surface area contributed by atoms with Gasteiger partial charge in [0.15, 0.2) is 0 Å². The molecule has 0 spiro atoms. The molecule has 76 valence electrons. The first kappa shape index (κ1) is 11.0. The first-order valence-electron chi connectivity index (χ1n) is 4.42. The van der Waals surface area contributed by atoms with Crippen LogP contribution in [0.3, 0.4) is 0 Å². The van der Waals surface area contributed by atoms with Crippen LogP contribution in [0.4, 0.5) is 0 Å². The Morgan fingerprint density at radius 3 is 2.87 bits per heavy atom. The minimum atomic E-state index is -0.472. The average Bonchev–Trinajstić information content (AvgIpc) is 2.28. The number of hydrogen-bond donors (Lipinski definition) is 1. The van der Waals surface area contributed by atoms with Crippen LogP contribution >= 0.6 is 0 Å². The van der Waals surface area contributed by atoms with E-state index in [1.165, 1.54) is 6.08 Å². The normalized spacial score (nSPS) is 8.53. The minimum absolute atomic E-state index is 0.263. The molecule has 0 atom stereocenters. The van der Waals surface area contributed by atoms with Crippen molar-refractivity contribution in [1.82, 2.24) is 5.48 Å². The van der Waals surface area contributed by atoms with E-state index in [0.29, 0.717) is 0 Å². The Morgan fingerprint density at radius 1 is 1.47 bits per heavy atom. The van der Waals surface area contributed by atoms with Crippen molar-refractivity contribution in [3.63, 3.8) is 0 Å². The molecule has 0 saturated carbocycles. The van der Waals surface area contributed by atoms with Gasteiger partial charge in [0.1, 0.15) is 0 Å². The predicted octanol–water partition coefficient (Wildman–Crippen LogP) is 1.27. The molecule has 3 heteroatoms. The van der Waals surface area contributed by atoms with Crippen LogP contribution in [0.15, 0.2) is 43.0 Å². The Kier molecular flexibility index (Phi) is 4.71. The van der Waals surface area contributed by atoms with Crippen molar-refractivity contribution in [2.24, 2.45) is 0 Å². The van der Waals surface area contributed by atoms with Gasteiger partial charge in [-0.15, -0.1) is 6.58 Å². The van der Waals surface area contributed by atoms with Gasteiger partial charge in [-0.3, -0.25) is 9.63 Å². The average molecular weight is 201 g/mol. The third-order valence-corrected chi connectivity index (χ3v) is 1.46. The second-order valence-corrected chi connectivity index (χ2v) is 2.65. The number of nitrogens with one attached hydrogen (secondary N) is 1. The van der Waals surface area contributed by atoms with Crippen LogP contribution in [0, 0.1) is 11.8 Å². The van der Waals surface area contributed by atoms with Gasteiger partial charge in [0.25, 0.3) is 0 Å². The Balaban J connectivity index is 2.44. The summed E-state index contributed by atoms with van der Waals surface area (Å²) in [5, 5.41) is 0. The molecule has 1 N–H and O–H groups in total. The number of benzene rings is 1. The quantitative estimate of drug-likeness (QED) is 0.346. The van der Waals surface area contributed by atoms with Crippen LogP contribution in [0.2, 0.25) is 0 Å². The van der Waals surface area contributed by atoms with Crippen LogP contribution in [0.1, 0.15) is 5.56 Å². The molecule has 15 heavy (non-hydrogen) atoms. The molecule has 0 aliphatic carbocycles. The molecule has 3 nitrogen and oxygen atoms in total. The zero-order valence-electron chi connectivity index (χ0n) is 8.19. The third kappa shape index (κ3) is 4.65. The topological polar surface area (TPSA) is 38.3 Å². The van der Waals surface area contributed by atoms with E-state index in [9.17, 15) is 4.79 Å². The summed E-state index contributed by atoms with van der Waals surface area (Å²) in [5.41, 5.74) is 2.96. The summed E-state index contributed by atoms with van der Waals surface area (Å²) in [5.74, 6) is 4.63. The fraction of sp³-hybridized carbons (Fsp3) is 0.0833. The van der Waals surface area contributed by atoms with Crippen molar-refractivity contribution >= 4 is 5.91 Å². The van der Waals surface area contributed by atoms with Crippen LogP contribution in [-0.4, -0.2) is 12.5 Å². The maximum Gasteiger partial charge on any atom is 0.319 e. The van der Waals surface area contributed by atoms with E-state index in [4.69, 9.17) is 4.84 Å². The molecule has 1 rings (SSSR count). The second-order valence-electron chi connectivity index (χ2n) is 2.65. The summed E-state index contributed by atoms with van der Waals surface area (Å²) in [6.45, 7) is 3.70. The first-order chi connectivity index (χ1) is 7.33. The molecular weight excluding hydrogens is 190 g/mol. The highest BCUT2D eigenvalue weighted by Crippen LogP contribution is 1.94. The summed E-state index contributed by atoms with van der Waals surface area (Å²) in [4.78, 5) is 15.8. The molecule has 0 aliphatic rings. The van der Waals surface area contributed by atoms with E-state index in [1.54, 1.807) is 0 Å². The fourth-order valence-corrected chi connectivity index (χ4v) is 0.842. The SMILES string of the molecule is C=CCONC(=O)C#Cc1ccccc1. The second kappa shape index (κ2) is 6.41. The lowest BCUT2D eigenvalue weighted by molar-refractivity contribution is -0.126. The van der Waals surface area contributed by atoms with Gasteiger partial charge < -0.3 is 0 Å². The van der Waals surface area contributed by atoms with E-state index >= 15 is 0 Å². The molecule has 1 amide bonds. The van der Waals surface area contributed by atoms with Crippen LogP contribution in [0.25, 0.3) is 0 Å². The number of amides is 1. The third-order valence-electron chi connectivity index (χ3n) is 1.46. The van der Waals surface area contributed by atoms with Crippen LogP contribution in [-0.2, 0) is 9.63 Å². The summed E-state index contributed by atoms with van der Waals surface area (Å²) in [6.07, 6.45) is 1.53. The van der Waals surface area contributed by atoms with Crippen LogP contribution < -0.4 is 5.48 Å². The van der Waals surface area contributed by atoms with E-state index in [1.807, 2.05) is 30.3 Å². The molecule has 0 aromatic heterocycles. The van der Waals surface area contributed by atoms with Crippen molar-refractivity contribution in [3.05, 3.63) is 48.6 Å². The smallest absolute Gasteiger partial charge is 0.269 e. The van der Waals surface area contributed by atoms with Crippen molar-refractivity contribution in [3.8, 4) is 11.8 Å². The monoisotopic (exact) mass is 201 g/mol. The lowest BCUT2D eigenvalue weighted by atomic mass is 10.2. The van der Waals surface area contributed by atoms with Crippen molar-refractivity contribution < 1.29 is 9.63 Å². The summed E-state index contributed by atoms with van der Waals surface area (Å²) >= 11 is 0. The van der Waals surface area contributed by atoms with Crippen molar-refractivity contribution in [2.45, 2.75) is 0 Å². The summed E-state index contributed by atoms with van der Waals surface area (Å²) < 4.78 is 0. The molecule has 0 unspecified atom stereocenters. The molecule has 0 heterocycles. The molecule has 0 bridgehead atoms. The Labute approximate surface area is 88.7 Å². The van der Waals surface area contributed by atoms with Gasteiger partial charge >= 0.3 is 5.91 Å². The lowest BCUT2D eigenvalue weighted by Crippen LogP contribution is -2.21. The zero-order valence-corrected chi connectivity index (χ0v) is 8.19. The number of hydroxylamine groups is 1. The number of carbonyl (C=O) groups is 1. The standard InChI is InChI=1S/C12H11NO2/c1-2-10-15-13-12(14)9-8-11-6-4-3-5-7-11/h2-7H,1,10H2,(H,13,14). The Hall–Kier alpha value is -2.05. The van der Waals surface area contributed by atoms with Gasteiger partial charge in [0, 0.05) is 11.5 Å². The Morgan fingerprint density at radius 2 is 2.20 bits per heavy atom. The number of carbonyl (C=O) groups excluding carboxylic acids is 1. The molecular formula is C12H11NO2. The molecule has 0 radical (unpaired) electrons. The minimum Gasteiger partial charge on any atom is -0.269 e. The highest BCUT2D eigenvalue weighted by atomic mass is 16.6. The first-order valence-corrected chi connectivity index (χ1v) is 4.42. The molecule has 1 aromatic carbocycles. The molecule has 0 saturated heterocycles. The summed E-state index contributed by atoms with van der Waals surface area (Å²) in [6, 6.07) is 9.25. The van der Waals surface area contributed by atoms with E-state index in [2.05, 4.69) is 23.9 Å². The van der Waals surface area contributed by atoms with Gasteiger partial charge in [-0.05, 0) is 12.1 Å². The van der Waals surface area contributed by atoms with Gasteiger partial charge in [-0.1, -0.05) is 30.2 Å².